The van der Waals surface area contributed by atoms with Gasteiger partial charge in [-0.1, -0.05) is 0 Å². The van der Waals surface area contributed by atoms with E-state index >= 15 is 0 Å². The lowest BCUT2D eigenvalue weighted by Crippen LogP contribution is -2.49. The monoisotopic (exact) mass is 291 g/mol. The van der Waals surface area contributed by atoms with E-state index in [2.05, 4.69) is 0 Å². The molecule has 0 aliphatic rings. The molecule has 0 unspecified atom stereocenters. The highest BCUT2D eigenvalue weighted by Gasteiger charge is 2.30. The first-order chi connectivity index (χ1) is 9.07. The normalized spacial score (nSPS) is 18.3. The summed E-state index contributed by atoms with van der Waals surface area (Å²) in [6, 6.07) is -3.48. The molecule has 0 aromatic heterocycles. The molecule has 0 aliphatic heterocycles. The van der Waals surface area contributed by atoms with Gasteiger partial charge in [-0.3, -0.25) is 14.4 Å². The van der Waals surface area contributed by atoms with Crippen molar-refractivity contribution in [2.75, 3.05) is 0 Å². The van der Waals surface area contributed by atoms with E-state index in [1.54, 1.807) is 0 Å². The van der Waals surface area contributed by atoms with Crippen LogP contribution in [-0.2, 0) is 23.9 Å². The van der Waals surface area contributed by atoms with Gasteiger partial charge < -0.3 is 31.8 Å². The SMILES string of the molecule is C[C@H](N)C(=O)O[C@H](C)[C@H](N)C(=O)O[C@H](C)[C@H](N)C(=O)O. The molecule has 0 saturated heterocycles. The van der Waals surface area contributed by atoms with Crippen LogP contribution in [0, 0.1) is 0 Å². The summed E-state index contributed by atoms with van der Waals surface area (Å²) in [5.41, 5.74) is 16.1. The number of carboxylic acid groups (broad SMARTS) is 1. The minimum Gasteiger partial charge on any atom is -0.480 e. The summed E-state index contributed by atoms with van der Waals surface area (Å²) in [5, 5.41) is 8.66. The zero-order chi connectivity index (χ0) is 16.0. The van der Waals surface area contributed by atoms with Crippen molar-refractivity contribution in [2.24, 2.45) is 17.2 Å². The van der Waals surface area contributed by atoms with Crippen molar-refractivity contribution < 1.29 is 29.0 Å². The van der Waals surface area contributed by atoms with Gasteiger partial charge in [-0.2, -0.15) is 0 Å². The van der Waals surface area contributed by atoms with Crippen molar-refractivity contribution in [2.45, 2.75) is 51.1 Å². The van der Waals surface area contributed by atoms with E-state index in [1.165, 1.54) is 20.8 Å². The summed E-state index contributed by atoms with van der Waals surface area (Å²) in [6.07, 6.45) is -2.03. The molecule has 0 fully saturated rings. The molecule has 7 N–H and O–H groups in total. The molecule has 0 saturated carbocycles. The van der Waals surface area contributed by atoms with Gasteiger partial charge in [0, 0.05) is 0 Å². The van der Waals surface area contributed by atoms with Crippen molar-refractivity contribution in [1.29, 1.82) is 0 Å². The first-order valence-corrected chi connectivity index (χ1v) is 5.98. The van der Waals surface area contributed by atoms with Gasteiger partial charge in [-0.25, -0.2) is 0 Å². The van der Waals surface area contributed by atoms with Crippen LogP contribution in [0.4, 0.5) is 0 Å². The lowest BCUT2D eigenvalue weighted by Gasteiger charge is -2.23. The second kappa shape index (κ2) is 7.78. The number of carboxylic acids is 1. The first kappa shape index (κ1) is 18.3. The first-order valence-electron chi connectivity index (χ1n) is 5.98. The molecular formula is C11H21N3O6. The maximum absolute atomic E-state index is 11.7. The third kappa shape index (κ3) is 5.51. The topological polar surface area (TPSA) is 168 Å². The number of aliphatic carboxylic acids is 1. The zero-order valence-corrected chi connectivity index (χ0v) is 11.6. The number of esters is 2. The van der Waals surface area contributed by atoms with E-state index in [0.717, 1.165) is 0 Å². The largest absolute Gasteiger partial charge is 0.480 e. The highest BCUT2D eigenvalue weighted by atomic mass is 16.6. The molecule has 0 bridgehead atoms. The second-order valence-electron chi connectivity index (χ2n) is 4.46. The summed E-state index contributed by atoms with van der Waals surface area (Å²) in [5.74, 6) is -2.94. The lowest BCUT2D eigenvalue weighted by atomic mass is 10.1. The molecule has 0 aliphatic carbocycles. The molecule has 116 valence electrons. The average molecular weight is 291 g/mol. The number of carbonyl (C=O) groups excluding carboxylic acids is 2. The van der Waals surface area contributed by atoms with Crippen LogP contribution in [0.5, 0.6) is 0 Å². The summed E-state index contributed by atoms with van der Waals surface area (Å²) < 4.78 is 9.65. The average Bonchev–Trinajstić information content (AvgIpc) is 2.35. The van der Waals surface area contributed by atoms with Gasteiger partial charge in [-0.05, 0) is 20.8 Å². The van der Waals surface area contributed by atoms with Crippen molar-refractivity contribution in [1.82, 2.24) is 0 Å². The number of rotatable bonds is 7. The minimum absolute atomic E-state index is 0.712. The van der Waals surface area contributed by atoms with Gasteiger partial charge in [0.2, 0.25) is 0 Å². The van der Waals surface area contributed by atoms with E-state index in [1.807, 2.05) is 0 Å². The van der Waals surface area contributed by atoms with E-state index in [0.29, 0.717) is 0 Å². The number of hydrogen-bond donors (Lipinski definition) is 4. The molecule has 9 nitrogen and oxygen atoms in total. The number of carbonyl (C=O) groups is 3. The number of nitrogens with two attached hydrogens (primary N) is 3. The van der Waals surface area contributed by atoms with Gasteiger partial charge in [0.05, 0.1) is 0 Å². The summed E-state index contributed by atoms with van der Waals surface area (Å²) in [4.78, 5) is 33.5. The van der Waals surface area contributed by atoms with Crippen molar-refractivity contribution in [3.63, 3.8) is 0 Å². The molecule has 9 heteroatoms. The van der Waals surface area contributed by atoms with Gasteiger partial charge in [0.1, 0.15) is 30.3 Å². The highest BCUT2D eigenvalue weighted by Crippen LogP contribution is 2.05. The molecule has 0 radical (unpaired) electrons. The van der Waals surface area contributed by atoms with Gasteiger partial charge in [0.15, 0.2) is 0 Å². The minimum atomic E-state index is -1.37. The Balaban J connectivity index is 4.47. The maximum atomic E-state index is 11.7. The molecule has 20 heavy (non-hydrogen) atoms. The Morgan fingerprint density at radius 2 is 1.25 bits per heavy atom. The fourth-order valence-corrected chi connectivity index (χ4v) is 1.09. The highest BCUT2D eigenvalue weighted by molar-refractivity contribution is 5.79. The molecule has 0 spiro atoms. The summed E-state index contributed by atoms with van der Waals surface area (Å²) in [6.45, 7) is 4.14. The lowest BCUT2D eigenvalue weighted by molar-refractivity contribution is -0.161. The molecule has 0 aromatic rings. The van der Waals surface area contributed by atoms with Crippen LogP contribution < -0.4 is 17.2 Å². The van der Waals surface area contributed by atoms with Gasteiger partial charge >= 0.3 is 17.9 Å². The Morgan fingerprint density at radius 3 is 1.65 bits per heavy atom. The van der Waals surface area contributed by atoms with Crippen LogP contribution in [0.25, 0.3) is 0 Å². The van der Waals surface area contributed by atoms with Gasteiger partial charge in [-0.15, -0.1) is 0 Å². The van der Waals surface area contributed by atoms with Crippen molar-refractivity contribution in [3.8, 4) is 0 Å². The van der Waals surface area contributed by atoms with Crippen LogP contribution in [-0.4, -0.2) is 53.3 Å². The molecule has 5 atom stereocenters. The Morgan fingerprint density at radius 1 is 0.850 bits per heavy atom. The zero-order valence-electron chi connectivity index (χ0n) is 11.6. The number of ether oxygens (including phenoxy) is 2. The van der Waals surface area contributed by atoms with E-state index in [9.17, 15) is 14.4 Å². The third-order valence-electron chi connectivity index (χ3n) is 2.54. The summed E-state index contributed by atoms with van der Waals surface area (Å²) >= 11 is 0. The maximum Gasteiger partial charge on any atom is 0.327 e. The van der Waals surface area contributed by atoms with Crippen LogP contribution >= 0.6 is 0 Å². The third-order valence-corrected chi connectivity index (χ3v) is 2.54. The Kier molecular flexibility index (Phi) is 7.11. The molecule has 0 aromatic carbocycles. The fraction of sp³-hybridized carbons (Fsp3) is 0.727. The quantitative estimate of drug-likeness (QED) is 0.385. The van der Waals surface area contributed by atoms with Crippen LogP contribution in [0.1, 0.15) is 20.8 Å². The van der Waals surface area contributed by atoms with Crippen molar-refractivity contribution >= 4 is 17.9 Å². The smallest absolute Gasteiger partial charge is 0.327 e. The van der Waals surface area contributed by atoms with Crippen LogP contribution in [0.3, 0.4) is 0 Å². The number of hydrogen-bond acceptors (Lipinski definition) is 8. The van der Waals surface area contributed by atoms with E-state index in [-0.39, 0.29) is 0 Å². The Hall–Kier alpha value is -1.71. The Labute approximate surface area is 116 Å². The molecule has 0 heterocycles. The Bertz CT molecular complexity index is 373. The fourth-order valence-electron chi connectivity index (χ4n) is 1.09. The molecule has 0 rings (SSSR count). The predicted octanol–water partition coefficient (Wildman–Crippen LogP) is -2.06. The van der Waals surface area contributed by atoms with Crippen molar-refractivity contribution in [3.05, 3.63) is 0 Å². The second-order valence-corrected chi connectivity index (χ2v) is 4.46. The van der Waals surface area contributed by atoms with Crippen LogP contribution in [0.15, 0.2) is 0 Å². The predicted molar refractivity (Wildman–Crippen MR) is 68.3 cm³/mol. The van der Waals surface area contributed by atoms with E-state index in [4.69, 9.17) is 31.8 Å². The van der Waals surface area contributed by atoms with E-state index < -0.39 is 48.2 Å². The molecular weight excluding hydrogens is 270 g/mol. The summed E-state index contributed by atoms with van der Waals surface area (Å²) in [7, 11) is 0. The standard InChI is InChI=1S/C11H21N3O6/c1-4(12)10(17)19-6(3)8(14)11(18)20-5(2)7(13)9(15)16/h4-8H,12-14H2,1-3H3,(H,15,16)/t4-,5+,6+,7-,8-/m0/s1. The molecule has 0 amide bonds. The van der Waals surface area contributed by atoms with Crippen LogP contribution in [0.2, 0.25) is 0 Å². The van der Waals surface area contributed by atoms with Gasteiger partial charge in [0.25, 0.3) is 0 Å².